The molecular formula is C14H20O3. The molecule has 0 bridgehead atoms. The Labute approximate surface area is 103 Å². The number of esters is 1. The Bertz CT molecular complexity index is 333. The van der Waals surface area contributed by atoms with Crippen molar-refractivity contribution in [3.8, 4) is 0 Å². The minimum Gasteiger partial charge on any atom is -0.463 e. The molecule has 0 spiro atoms. The lowest BCUT2D eigenvalue weighted by atomic mass is 10.1. The summed E-state index contributed by atoms with van der Waals surface area (Å²) in [5, 5.41) is 0. The van der Waals surface area contributed by atoms with Gasteiger partial charge in [0.25, 0.3) is 0 Å². The molecule has 0 amide bonds. The van der Waals surface area contributed by atoms with Crippen LogP contribution in [0.2, 0.25) is 0 Å². The third-order valence-electron chi connectivity index (χ3n) is 2.49. The monoisotopic (exact) mass is 236 g/mol. The molecule has 1 atom stereocenters. The summed E-state index contributed by atoms with van der Waals surface area (Å²) >= 11 is 0. The molecule has 0 N–H and O–H groups in total. The molecule has 1 unspecified atom stereocenters. The molecule has 94 valence electrons. The highest BCUT2D eigenvalue weighted by Crippen LogP contribution is 2.18. The SMILES string of the molecule is COC(C(=O)OCCC(C)C)c1ccccc1. The van der Waals surface area contributed by atoms with Crippen LogP contribution in [0, 0.1) is 5.92 Å². The van der Waals surface area contributed by atoms with Crippen molar-refractivity contribution in [2.24, 2.45) is 5.92 Å². The first-order valence-corrected chi connectivity index (χ1v) is 5.89. The van der Waals surface area contributed by atoms with E-state index in [1.54, 1.807) is 0 Å². The summed E-state index contributed by atoms with van der Waals surface area (Å²) in [6, 6.07) is 9.38. The highest BCUT2D eigenvalue weighted by atomic mass is 16.6. The van der Waals surface area contributed by atoms with Crippen LogP contribution >= 0.6 is 0 Å². The lowest BCUT2D eigenvalue weighted by Crippen LogP contribution is -2.18. The van der Waals surface area contributed by atoms with Crippen LogP contribution in [-0.4, -0.2) is 19.7 Å². The van der Waals surface area contributed by atoms with Crippen molar-refractivity contribution in [1.29, 1.82) is 0 Å². The van der Waals surface area contributed by atoms with Crippen LogP contribution in [0.25, 0.3) is 0 Å². The zero-order chi connectivity index (χ0) is 12.7. The molecule has 0 saturated heterocycles. The fourth-order valence-corrected chi connectivity index (χ4v) is 1.47. The summed E-state index contributed by atoms with van der Waals surface area (Å²) in [6.45, 7) is 4.64. The van der Waals surface area contributed by atoms with Gasteiger partial charge in [0, 0.05) is 7.11 Å². The van der Waals surface area contributed by atoms with Crippen molar-refractivity contribution in [1.82, 2.24) is 0 Å². The van der Waals surface area contributed by atoms with E-state index in [4.69, 9.17) is 9.47 Å². The molecule has 0 aliphatic heterocycles. The maximum absolute atomic E-state index is 11.8. The molecule has 0 radical (unpaired) electrons. The Hall–Kier alpha value is -1.35. The highest BCUT2D eigenvalue weighted by Gasteiger charge is 2.21. The predicted octanol–water partition coefficient (Wildman–Crippen LogP) is 2.96. The van der Waals surface area contributed by atoms with Crippen molar-refractivity contribution in [3.05, 3.63) is 35.9 Å². The molecule has 17 heavy (non-hydrogen) atoms. The lowest BCUT2D eigenvalue weighted by molar-refractivity contribution is -0.156. The number of ether oxygens (including phenoxy) is 2. The van der Waals surface area contributed by atoms with E-state index in [0.29, 0.717) is 12.5 Å². The summed E-state index contributed by atoms with van der Waals surface area (Å²) in [7, 11) is 1.52. The summed E-state index contributed by atoms with van der Waals surface area (Å²) in [6.07, 6.45) is 0.250. The molecule has 0 saturated carbocycles. The van der Waals surface area contributed by atoms with Gasteiger partial charge < -0.3 is 9.47 Å². The van der Waals surface area contributed by atoms with Gasteiger partial charge in [-0.1, -0.05) is 44.2 Å². The highest BCUT2D eigenvalue weighted by molar-refractivity contribution is 5.76. The summed E-state index contributed by atoms with van der Waals surface area (Å²) < 4.78 is 10.4. The van der Waals surface area contributed by atoms with Crippen molar-refractivity contribution in [2.45, 2.75) is 26.4 Å². The van der Waals surface area contributed by atoms with Crippen LogP contribution in [0.3, 0.4) is 0 Å². The quantitative estimate of drug-likeness (QED) is 0.712. The van der Waals surface area contributed by atoms with E-state index in [1.807, 2.05) is 30.3 Å². The zero-order valence-corrected chi connectivity index (χ0v) is 10.7. The average Bonchev–Trinajstić information content (AvgIpc) is 2.31. The molecule has 0 fully saturated rings. The average molecular weight is 236 g/mol. The Balaban J connectivity index is 2.53. The van der Waals surface area contributed by atoms with Gasteiger partial charge in [-0.2, -0.15) is 0 Å². The van der Waals surface area contributed by atoms with Crippen LogP contribution in [0.4, 0.5) is 0 Å². The number of hydrogen-bond acceptors (Lipinski definition) is 3. The molecule has 1 rings (SSSR count). The van der Waals surface area contributed by atoms with Crippen LogP contribution in [0.15, 0.2) is 30.3 Å². The number of carbonyl (C=O) groups excluding carboxylic acids is 1. The summed E-state index contributed by atoms with van der Waals surface area (Å²) in [5.41, 5.74) is 0.824. The van der Waals surface area contributed by atoms with E-state index in [-0.39, 0.29) is 5.97 Å². The van der Waals surface area contributed by atoms with Gasteiger partial charge in [0.2, 0.25) is 0 Å². The molecular weight excluding hydrogens is 216 g/mol. The predicted molar refractivity (Wildman–Crippen MR) is 66.6 cm³/mol. The van der Waals surface area contributed by atoms with Crippen LogP contribution in [0.5, 0.6) is 0 Å². The molecule has 0 aliphatic rings. The maximum Gasteiger partial charge on any atom is 0.339 e. The molecule has 3 nitrogen and oxygen atoms in total. The third kappa shape index (κ3) is 4.57. The van der Waals surface area contributed by atoms with Gasteiger partial charge in [-0.15, -0.1) is 0 Å². The standard InChI is InChI=1S/C14H20O3/c1-11(2)9-10-17-14(15)13(16-3)12-7-5-4-6-8-12/h4-8,11,13H,9-10H2,1-3H3. The van der Waals surface area contributed by atoms with Gasteiger partial charge in [-0.3, -0.25) is 0 Å². The van der Waals surface area contributed by atoms with E-state index >= 15 is 0 Å². The van der Waals surface area contributed by atoms with E-state index < -0.39 is 6.10 Å². The minimum absolute atomic E-state index is 0.320. The van der Waals surface area contributed by atoms with Gasteiger partial charge >= 0.3 is 5.97 Å². The number of hydrogen-bond donors (Lipinski definition) is 0. The van der Waals surface area contributed by atoms with Crippen molar-refractivity contribution < 1.29 is 14.3 Å². The molecule has 0 heterocycles. The van der Waals surface area contributed by atoms with E-state index in [9.17, 15) is 4.79 Å². The smallest absolute Gasteiger partial charge is 0.339 e. The van der Waals surface area contributed by atoms with Gasteiger partial charge in [0.1, 0.15) is 0 Å². The molecule has 0 aromatic heterocycles. The number of rotatable bonds is 6. The number of carbonyl (C=O) groups is 1. The fourth-order valence-electron chi connectivity index (χ4n) is 1.47. The summed E-state index contributed by atoms with van der Waals surface area (Å²) in [5.74, 6) is 0.208. The van der Waals surface area contributed by atoms with Crippen molar-refractivity contribution >= 4 is 5.97 Å². The molecule has 1 aromatic carbocycles. The van der Waals surface area contributed by atoms with Crippen molar-refractivity contribution in [2.75, 3.05) is 13.7 Å². The van der Waals surface area contributed by atoms with Gasteiger partial charge in [0.05, 0.1) is 6.61 Å². The Morgan fingerprint density at radius 3 is 2.41 bits per heavy atom. The maximum atomic E-state index is 11.8. The van der Waals surface area contributed by atoms with Crippen molar-refractivity contribution in [3.63, 3.8) is 0 Å². The third-order valence-corrected chi connectivity index (χ3v) is 2.49. The first-order valence-electron chi connectivity index (χ1n) is 5.89. The fraction of sp³-hybridized carbons (Fsp3) is 0.500. The first kappa shape index (κ1) is 13.7. The second-order valence-electron chi connectivity index (χ2n) is 4.38. The Kier molecular flexibility index (Phi) is 5.70. The van der Waals surface area contributed by atoms with Crippen LogP contribution in [0.1, 0.15) is 31.9 Å². The van der Waals surface area contributed by atoms with E-state index in [2.05, 4.69) is 13.8 Å². The van der Waals surface area contributed by atoms with Crippen LogP contribution in [-0.2, 0) is 14.3 Å². The molecule has 0 aliphatic carbocycles. The second kappa shape index (κ2) is 7.07. The van der Waals surface area contributed by atoms with Gasteiger partial charge in [-0.05, 0) is 17.9 Å². The lowest BCUT2D eigenvalue weighted by Gasteiger charge is -2.15. The van der Waals surface area contributed by atoms with Gasteiger partial charge in [-0.25, -0.2) is 4.79 Å². The van der Waals surface area contributed by atoms with Crippen LogP contribution < -0.4 is 0 Å². The Morgan fingerprint density at radius 1 is 1.24 bits per heavy atom. The second-order valence-corrected chi connectivity index (χ2v) is 4.38. The Morgan fingerprint density at radius 2 is 1.88 bits per heavy atom. The molecule has 3 heteroatoms. The largest absolute Gasteiger partial charge is 0.463 e. The summed E-state index contributed by atoms with van der Waals surface area (Å²) in [4.78, 5) is 11.8. The van der Waals surface area contributed by atoms with E-state index in [1.165, 1.54) is 7.11 Å². The number of benzene rings is 1. The van der Waals surface area contributed by atoms with Gasteiger partial charge in [0.15, 0.2) is 6.10 Å². The number of methoxy groups -OCH3 is 1. The zero-order valence-electron chi connectivity index (χ0n) is 10.7. The normalized spacial score (nSPS) is 12.5. The first-order chi connectivity index (χ1) is 8.15. The molecule has 1 aromatic rings. The van der Waals surface area contributed by atoms with E-state index in [0.717, 1.165) is 12.0 Å². The topological polar surface area (TPSA) is 35.5 Å². The minimum atomic E-state index is -0.622.